The Morgan fingerprint density at radius 1 is 1.06 bits per heavy atom. The maximum atomic E-state index is 12.7. The molecule has 1 aromatic carbocycles. The van der Waals surface area contributed by atoms with Crippen LogP contribution >= 0.6 is 11.6 Å². The molecule has 0 aliphatic heterocycles. The number of alkyl halides is 2. The van der Waals surface area contributed by atoms with E-state index in [1.54, 1.807) is 24.3 Å². The molecule has 0 heterocycles. The molecule has 0 aliphatic rings. The molecule has 3 heteroatoms. The monoisotopic (exact) mass is 272 g/mol. The molecule has 0 aromatic heterocycles. The highest BCUT2D eigenvalue weighted by molar-refractivity contribution is 6.19. The van der Waals surface area contributed by atoms with Crippen molar-refractivity contribution in [1.82, 2.24) is 0 Å². The summed E-state index contributed by atoms with van der Waals surface area (Å²) in [7, 11) is 0. The molecule has 102 valence electrons. The van der Waals surface area contributed by atoms with Crippen molar-refractivity contribution in [2.45, 2.75) is 51.1 Å². The topological polar surface area (TPSA) is 9.23 Å². The summed E-state index contributed by atoms with van der Waals surface area (Å²) in [5, 5.41) is 0. The molecule has 0 aliphatic carbocycles. The van der Waals surface area contributed by atoms with Crippen molar-refractivity contribution < 1.29 is 9.13 Å². The van der Waals surface area contributed by atoms with Crippen molar-refractivity contribution in [3.05, 3.63) is 29.8 Å². The van der Waals surface area contributed by atoms with Crippen LogP contribution < -0.4 is 4.74 Å². The van der Waals surface area contributed by atoms with Crippen molar-refractivity contribution >= 4 is 11.6 Å². The van der Waals surface area contributed by atoms with Gasteiger partial charge in [0.2, 0.25) is 0 Å². The first-order valence-corrected chi connectivity index (χ1v) is 7.18. The number of rotatable bonds is 9. The maximum Gasteiger partial charge on any atom is 0.198 e. The number of hydrogen-bond acceptors (Lipinski definition) is 1. The highest BCUT2D eigenvalue weighted by Crippen LogP contribution is 2.23. The first-order chi connectivity index (χ1) is 8.74. The Labute approximate surface area is 114 Å². The smallest absolute Gasteiger partial charge is 0.198 e. The molecular formula is C15H22ClFO. The van der Waals surface area contributed by atoms with Crippen LogP contribution in [0, 0.1) is 0 Å². The highest BCUT2D eigenvalue weighted by atomic mass is 35.5. The van der Waals surface area contributed by atoms with Crippen molar-refractivity contribution in [3.63, 3.8) is 0 Å². The number of halogens is 2. The number of hydrogen-bond donors (Lipinski definition) is 0. The zero-order valence-corrected chi connectivity index (χ0v) is 11.8. The van der Waals surface area contributed by atoms with E-state index >= 15 is 0 Å². The van der Waals surface area contributed by atoms with Crippen molar-refractivity contribution in [2.75, 3.05) is 6.61 Å². The molecule has 18 heavy (non-hydrogen) atoms. The molecule has 1 rings (SSSR count). The molecule has 0 saturated heterocycles. The van der Waals surface area contributed by atoms with Gasteiger partial charge in [-0.05, 0) is 18.6 Å². The number of unbranched alkanes of at least 4 members (excludes halogenated alkanes) is 5. The van der Waals surface area contributed by atoms with Crippen LogP contribution in [0.1, 0.15) is 56.6 Å². The third-order valence-electron chi connectivity index (χ3n) is 2.90. The lowest BCUT2D eigenvalue weighted by atomic mass is 10.1. The van der Waals surface area contributed by atoms with Crippen molar-refractivity contribution in [2.24, 2.45) is 0 Å². The van der Waals surface area contributed by atoms with Gasteiger partial charge in [0.05, 0.1) is 6.61 Å². The predicted molar refractivity (Wildman–Crippen MR) is 75.0 cm³/mol. The third-order valence-corrected chi connectivity index (χ3v) is 3.15. The number of ether oxygens (including phenoxy) is 1. The lowest BCUT2D eigenvalue weighted by Gasteiger charge is -2.07. The largest absolute Gasteiger partial charge is 0.494 e. The van der Waals surface area contributed by atoms with E-state index in [1.807, 2.05) is 0 Å². The van der Waals surface area contributed by atoms with E-state index < -0.39 is 5.63 Å². The quantitative estimate of drug-likeness (QED) is 0.418. The molecule has 1 unspecified atom stereocenters. The van der Waals surface area contributed by atoms with E-state index in [2.05, 4.69) is 6.92 Å². The Morgan fingerprint density at radius 2 is 1.67 bits per heavy atom. The van der Waals surface area contributed by atoms with Crippen LogP contribution in [0.25, 0.3) is 0 Å². The van der Waals surface area contributed by atoms with E-state index in [1.165, 1.54) is 32.1 Å². The molecule has 0 fully saturated rings. The van der Waals surface area contributed by atoms with Crippen LogP contribution in [0.5, 0.6) is 5.75 Å². The summed E-state index contributed by atoms with van der Waals surface area (Å²) in [4.78, 5) is 0. The van der Waals surface area contributed by atoms with Gasteiger partial charge in [0, 0.05) is 5.56 Å². The van der Waals surface area contributed by atoms with Gasteiger partial charge in [0.1, 0.15) is 5.75 Å². The SMILES string of the molecule is CCCCCCCCOc1ccc(C(F)Cl)cc1. The summed E-state index contributed by atoms with van der Waals surface area (Å²) in [6, 6.07) is 6.85. The molecule has 1 atom stereocenters. The van der Waals surface area contributed by atoms with Gasteiger partial charge >= 0.3 is 0 Å². The average Bonchev–Trinajstić information content (AvgIpc) is 2.38. The summed E-state index contributed by atoms with van der Waals surface area (Å²) >= 11 is 5.34. The van der Waals surface area contributed by atoms with Gasteiger partial charge in [0.15, 0.2) is 5.63 Å². The van der Waals surface area contributed by atoms with Crippen LogP contribution in [-0.2, 0) is 0 Å². The molecule has 1 nitrogen and oxygen atoms in total. The summed E-state index contributed by atoms with van der Waals surface area (Å²) < 4.78 is 18.3. The first-order valence-electron chi connectivity index (χ1n) is 6.75. The van der Waals surface area contributed by atoms with Gasteiger partial charge < -0.3 is 4.74 Å². The Kier molecular flexibility index (Phi) is 7.83. The van der Waals surface area contributed by atoms with Gasteiger partial charge in [-0.2, -0.15) is 0 Å². The van der Waals surface area contributed by atoms with E-state index in [9.17, 15) is 4.39 Å². The Hall–Kier alpha value is -0.760. The van der Waals surface area contributed by atoms with E-state index in [0.717, 1.165) is 18.8 Å². The molecule has 0 saturated carbocycles. The van der Waals surface area contributed by atoms with Crippen LogP contribution in [0.4, 0.5) is 4.39 Å². The summed E-state index contributed by atoms with van der Waals surface area (Å²) in [5.41, 5.74) is -0.957. The molecule has 0 bridgehead atoms. The van der Waals surface area contributed by atoms with Crippen LogP contribution in [0.2, 0.25) is 0 Å². The minimum atomic E-state index is -1.43. The third kappa shape index (κ3) is 6.25. The second-order valence-corrected chi connectivity index (χ2v) is 4.87. The lowest BCUT2D eigenvalue weighted by molar-refractivity contribution is 0.304. The zero-order valence-electron chi connectivity index (χ0n) is 11.0. The Balaban J connectivity index is 2.12. The second kappa shape index (κ2) is 9.21. The highest BCUT2D eigenvalue weighted by Gasteiger charge is 2.04. The van der Waals surface area contributed by atoms with Crippen molar-refractivity contribution in [3.8, 4) is 5.75 Å². The maximum absolute atomic E-state index is 12.7. The second-order valence-electron chi connectivity index (χ2n) is 4.49. The van der Waals surface area contributed by atoms with Gasteiger partial charge in [-0.25, -0.2) is 4.39 Å². The molecule has 1 aromatic rings. The van der Waals surface area contributed by atoms with Gasteiger partial charge in [-0.3, -0.25) is 0 Å². The van der Waals surface area contributed by atoms with Crippen molar-refractivity contribution in [1.29, 1.82) is 0 Å². The standard InChI is InChI=1S/C15H22ClFO/c1-2-3-4-5-6-7-12-18-14-10-8-13(9-11-14)15(16)17/h8-11,15H,2-7,12H2,1H3. The van der Waals surface area contributed by atoms with Crippen LogP contribution in [0.15, 0.2) is 24.3 Å². The average molecular weight is 273 g/mol. The normalized spacial score (nSPS) is 12.4. The minimum Gasteiger partial charge on any atom is -0.494 e. The molecular weight excluding hydrogens is 251 g/mol. The number of benzene rings is 1. The van der Waals surface area contributed by atoms with Crippen LogP contribution in [-0.4, -0.2) is 6.61 Å². The Bertz CT molecular complexity index is 311. The van der Waals surface area contributed by atoms with E-state index in [-0.39, 0.29) is 0 Å². The molecule has 0 radical (unpaired) electrons. The van der Waals surface area contributed by atoms with Gasteiger partial charge in [0.25, 0.3) is 0 Å². The fourth-order valence-corrected chi connectivity index (χ4v) is 1.93. The lowest BCUT2D eigenvalue weighted by Crippen LogP contribution is -1.97. The van der Waals surface area contributed by atoms with Gasteiger partial charge in [-0.1, -0.05) is 62.8 Å². The van der Waals surface area contributed by atoms with Crippen LogP contribution in [0.3, 0.4) is 0 Å². The summed E-state index contributed by atoms with van der Waals surface area (Å²) in [6.07, 6.45) is 7.49. The summed E-state index contributed by atoms with van der Waals surface area (Å²) in [6.45, 7) is 2.95. The fraction of sp³-hybridized carbons (Fsp3) is 0.600. The molecule has 0 spiro atoms. The first kappa shape index (κ1) is 15.3. The molecule has 0 N–H and O–H groups in total. The predicted octanol–water partition coefficient (Wildman–Crippen LogP) is 5.63. The fourth-order valence-electron chi connectivity index (χ4n) is 1.78. The zero-order chi connectivity index (χ0) is 13.2. The van der Waals surface area contributed by atoms with E-state index in [0.29, 0.717) is 5.56 Å². The van der Waals surface area contributed by atoms with E-state index in [4.69, 9.17) is 16.3 Å². The van der Waals surface area contributed by atoms with Gasteiger partial charge in [-0.15, -0.1) is 0 Å². The minimum absolute atomic E-state index is 0.476. The Morgan fingerprint density at radius 3 is 2.28 bits per heavy atom. The summed E-state index contributed by atoms with van der Waals surface area (Å²) in [5.74, 6) is 0.782. The molecule has 0 amide bonds.